The quantitative estimate of drug-likeness (QED) is 0.843. The molecule has 0 spiro atoms. The second kappa shape index (κ2) is 4.43. The van der Waals surface area contributed by atoms with Crippen LogP contribution in [0.5, 0.6) is 0 Å². The maximum absolute atomic E-state index is 8.97. The number of hydrogen-bond acceptors (Lipinski definition) is 2. The summed E-state index contributed by atoms with van der Waals surface area (Å²) in [7, 11) is 0. The van der Waals surface area contributed by atoms with Crippen molar-refractivity contribution in [2.75, 3.05) is 0 Å². The number of benzene rings is 1. The van der Waals surface area contributed by atoms with Crippen LogP contribution in [-0.4, -0.2) is 10.1 Å². The van der Waals surface area contributed by atoms with E-state index in [4.69, 9.17) is 16.7 Å². The van der Waals surface area contributed by atoms with E-state index in [1.807, 2.05) is 36.4 Å². The zero-order valence-electron chi connectivity index (χ0n) is 8.02. The lowest BCUT2D eigenvalue weighted by Crippen LogP contribution is -1.88. The minimum Gasteiger partial charge on any atom is -0.390 e. The first-order chi connectivity index (χ1) is 7.29. The van der Waals surface area contributed by atoms with Crippen molar-refractivity contribution < 1.29 is 5.11 Å². The molecule has 1 aromatic heterocycles. The van der Waals surface area contributed by atoms with Gasteiger partial charge in [0, 0.05) is 11.2 Å². The number of nitrogens with zero attached hydrogens (tertiary/aromatic N) is 1. The lowest BCUT2D eigenvalue weighted by atomic mass is 10.1. The van der Waals surface area contributed by atoms with Crippen molar-refractivity contribution in [1.82, 2.24) is 4.98 Å². The molecule has 0 radical (unpaired) electrons. The second-order valence-electron chi connectivity index (χ2n) is 3.20. The summed E-state index contributed by atoms with van der Waals surface area (Å²) in [6, 6.07) is 11.3. The Morgan fingerprint density at radius 3 is 2.47 bits per heavy atom. The van der Waals surface area contributed by atoms with Gasteiger partial charge in [-0.1, -0.05) is 23.7 Å². The van der Waals surface area contributed by atoms with Crippen molar-refractivity contribution >= 4 is 11.6 Å². The van der Waals surface area contributed by atoms with Crippen molar-refractivity contribution in [3.8, 4) is 11.1 Å². The summed E-state index contributed by atoms with van der Waals surface area (Å²) in [5.41, 5.74) is 2.77. The van der Waals surface area contributed by atoms with E-state index in [1.165, 1.54) is 0 Å². The summed E-state index contributed by atoms with van der Waals surface area (Å²) in [5.74, 6) is 0. The number of pyridine rings is 1. The molecule has 1 aromatic carbocycles. The highest BCUT2D eigenvalue weighted by atomic mass is 35.5. The fraction of sp³-hybridized carbons (Fsp3) is 0.0833. The Morgan fingerprint density at radius 2 is 1.80 bits per heavy atom. The normalized spacial score (nSPS) is 10.3. The monoisotopic (exact) mass is 219 g/mol. The average molecular weight is 220 g/mol. The molecular formula is C12H10ClNO. The summed E-state index contributed by atoms with van der Waals surface area (Å²) in [6.07, 6.45) is 1.69. The average Bonchev–Trinajstić information content (AvgIpc) is 2.30. The zero-order valence-corrected chi connectivity index (χ0v) is 8.78. The third-order valence-electron chi connectivity index (χ3n) is 2.16. The molecule has 2 rings (SSSR count). The summed E-state index contributed by atoms with van der Waals surface area (Å²) in [5, 5.41) is 9.69. The van der Waals surface area contributed by atoms with Gasteiger partial charge in [-0.15, -0.1) is 0 Å². The SMILES string of the molecule is OCc1cc(-c2ccc(Cl)cc2)ccn1. The van der Waals surface area contributed by atoms with Crippen molar-refractivity contribution in [2.45, 2.75) is 6.61 Å². The molecule has 0 aliphatic heterocycles. The van der Waals surface area contributed by atoms with Crippen molar-refractivity contribution in [2.24, 2.45) is 0 Å². The Morgan fingerprint density at radius 1 is 1.07 bits per heavy atom. The molecule has 0 unspecified atom stereocenters. The fourth-order valence-corrected chi connectivity index (χ4v) is 1.51. The summed E-state index contributed by atoms with van der Waals surface area (Å²) >= 11 is 5.81. The molecule has 0 atom stereocenters. The molecule has 0 aliphatic carbocycles. The highest BCUT2D eigenvalue weighted by Gasteiger charge is 1.99. The third kappa shape index (κ3) is 2.35. The van der Waals surface area contributed by atoms with Gasteiger partial charge in [-0.05, 0) is 35.4 Å². The molecule has 76 valence electrons. The Labute approximate surface area is 93.2 Å². The summed E-state index contributed by atoms with van der Waals surface area (Å²) < 4.78 is 0. The van der Waals surface area contributed by atoms with Gasteiger partial charge in [0.1, 0.15) is 0 Å². The lowest BCUT2D eigenvalue weighted by molar-refractivity contribution is 0.277. The predicted octanol–water partition coefficient (Wildman–Crippen LogP) is 2.89. The van der Waals surface area contributed by atoms with Crippen LogP contribution in [0.25, 0.3) is 11.1 Å². The molecule has 15 heavy (non-hydrogen) atoms. The first-order valence-corrected chi connectivity index (χ1v) is 4.99. The van der Waals surface area contributed by atoms with Gasteiger partial charge < -0.3 is 5.11 Å². The van der Waals surface area contributed by atoms with Crippen molar-refractivity contribution in [3.05, 3.63) is 53.3 Å². The van der Waals surface area contributed by atoms with Crippen LogP contribution in [-0.2, 0) is 6.61 Å². The van der Waals surface area contributed by atoms with Gasteiger partial charge in [0.15, 0.2) is 0 Å². The van der Waals surface area contributed by atoms with E-state index in [2.05, 4.69) is 4.98 Å². The van der Waals surface area contributed by atoms with Gasteiger partial charge in [0.05, 0.1) is 12.3 Å². The maximum Gasteiger partial charge on any atom is 0.0853 e. The Bertz CT molecular complexity index is 453. The van der Waals surface area contributed by atoms with Crippen molar-refractivity contribution in [3.63, 3.8) is 0 Å². The number of halogens is 1. The highest BCUT2D eigenvalue weighted by Crippen LogP contribution is 2.21. The van der Waals surface area contributed by atoms with E-state index in [9.17, 15) is 0 Å². The van der Waals surface area contributed by atoms with Crippen LogP contribution in [0.4, 0.5) is 0 Å². The number of aromatic nitrogens is 1. The van der Waals surface area contributed by atoms with Gasteiger partial charge in [-0.2, -0.15) is 0 Å². The van der Waals surface area contributed by atoms with Crippen LogP contribution < -0.4 is 0 Å². The minimum atomic E-state index is -0.0402. The standard InChI is InChI=1S/C12H10ClNO/c13-11-3-1-9(2-4-11)10-5-6-14-12(7-10)8-15/h1-7,15H,8H2. The first kappa shape index (κ1) is 10.1. The zero-order chi connectivity index (χ0) is 10.7. The van der Waals surface area contributed by atoms with Crippen LogP contribution in [0.3, 0.4) is 0 Å². The van der Waals surface area contributed by atoms with E-state index in [-0.39, 0.29) is 6.61 Å². The molecule has 0 aliphatic rings. The number of aliphatic hydroxyl groups excluding tert-OH is 1. The summed E-state index contributed by atoms with van der Waals surface area (Å²) in [4.78, 5) is 4.02. The molecule has 2 nitrogen and oxygen atoms in total. The number of hydrogen-bond donors (Lipinski definition) is 1. The third-order valence-corrected chi connectivity index (χ3v) is 2.41. The maximum atomic E-state index is 8.97. The molecule has 0 bridgehead atoms. The van der Waals surface area contributed by atoms with Crippen LogP contribution in [0.1, 0.15) is 5.69 Å². The first-order valence-electron chi connectivity index (χ1n) is 4.61. The van der Waals surface area contributed by atoms with E-state index < -0.39 is 0 Å². The molecule has 1 N–H and O–H groups in total. The van der Waals surface area contributed by atoms with Gasteiger partial charge in [0.2, 0.25) is 0 Å². The Kier molecular flexibility index (Phi) is 2.99. The van der Waals surface area contributed by atoms with Crippen LogP contribution in [0.15, 0.2) is 42.6 Å². The lowest BCUT2D eigenvalue weighted by Gasteiger charge is -2.03. The molecular weight excluding hydrogens is 210 g/mol. The van der Waals surface area contributed by atoms with Gasteiger partial charge >= 0.3 is 0 Å². The molecule has 1 heterocycles. The molecule has 0 fully saturated rings. The largest absolute Gasteiger partial charge is 0.390 e. The van der Waals surface area contributed by atoms with Gasteiger partial charge in [-0.25, -0.2) is 0 Å². The molecule has 0 saturated carbocycles. The van der Waals surface area contributed by atoms with E-state index in [0.717, 1.165) is 16.1 Å². The Balaban J connectivity index is 2.40. The Hall–Kier alpha value is -1.38. The molecule has 0 saturated heterocycles. The van der Waals surface area contributed by atoms with E-state index in [0.29, 0.717) is 5.69 Å². The highest BCUT2D eigenvalue weighted by molar-refractivity contribution is 6.30. The second-order valence-corrected chi connectivity index (χ2v) is 3.64. The van der Waals surface area contributed by atoms with Gasteiger partial charge in [0.25, 0.3) is 0 Å². The molecule has 2 aromatic rings. The topological polar surface area (TPSA) is 33.1 Å². The van der Waals surface area contributed by atoms with Gasteiger partial charge in [-0.3, -0.25) is 4.98 Å². The fourth-order valence-electron chi connectivity index (χ4n) is 1.39. The van der Waals surface area contributed by atoms with Crippen LogP contribution >= 0.6 is 11.6 Å². The van der Waals surface area contributed by atoms with Crippen LogP contribution in [0, 0.1) is 0 Å². The van der Waals surface area contributed by atoms with E-state index in [1.54, 1.807) is 6.20 Å². The molecule has 0 amide bonds. The molecule has 3 heteroatoms. The van der Waals surface area contributed by atoms with E-state index >= 15 is 0 Å². The predicted molar refractivity (Wildman–Crippen MR) is 60.6 cm³/mol. The number of rotatable bonds is 2. The smallest absolute Gasteiger partial charge is 0.0853 e. The minimum absolute atomic E-state index is 0.0402. The van der Waals surface area contributed by atoms with Crippen molar-refractivity contribution in [1.29, 1.82) is 0 Å². The number of aliphatic hydroxyl groups is 1. The van der Waals surface area contributed by atoms with Crippen LogP contribution in [0.2, 0.25) is 5.02 Å². The summed E-state index contributed by atoms with van der Waals surface area (Å²) in [6.45, 7) is -0.0402.